The van der Waals surface area contributed by atoms with Gasteiger partial charge in [-0.1, -0.05) is 13.3 Å². The van der Waals surface area contributed by atoms with Crippen molar-refractivity contribution >= 4 is 6.16 Å². The Morgan fingerprint density at radius 1 is 1.67 bits per heavy atom. The van der Waals surface area contributed by atoms with E-state index < -0.39 is 6.16 Å². The Morgan fingerprint density at radius 3 is 3.08 bits per heavy atom. The molecule has 1 unspecified atom stereocenters. The number of rotatable bonds is 5. The summed E-state index contributed by atoms with van der Waals surface area (Å²) in [6.45, 7) is 5.07. The van der Waals surface area contributed by atoms with Crippen molar-refractivity contribution in [2.24, 2.45) is 0 Å². The molecule has 4 heteroatoms. The second-order valence-corrected chi connectivity index (χ2v) is 2.58. The summed E-state index contributed by atoms with van der Waals surface area (Å²) in [6.07, 6.45) is 0.978. The Kier molecular flexibility index (Phi) is 3.87. The maximum Gasteiger partial charge on any atom is 0.508 e. The van der Waals surface area contributed by atoms with E-state index in [2.05, 4.69) is 11.7 Å². The summed E-state index contributed by atoms with van der Waals surface area (Å²) >= 11 is 0. The van der Waals surface area contributed by atoms with E-state index in [1.54, 1.807) is 0 Å². The van der Waals surface area contributed by atoms with E-state index >= 15 is 0 Å². The summed E-state index contributed by atoms with van der Waals surface area (Å²) in [7, 11) is 0. The fourth-order valence-electron chi connectivity index (χ4n) is 0.866. The Bertz CT molecular complexity index is 146. The highest BCUT2D eigenvalue weighted by atomic mass is 16.8. The van der Waals surface area contributed by atoms with Crippen LogP contribution in [0.3, 0.4) is 0 Å². The second-order valence-electron chi connectivity index (χ2n) is 2.58. The minimum Gasteiger partial charge on any atom is -0.430 e. The minimum atomic E-state index is -0.597. The molecule has 1 rings (SSSR count). The van der Waals surface area contributed by atoms with Crippen LogP contribution in [0.2, 0.25) is 0 Å². The van der Waals surface area contributed by atoms with Crippen molar-refractivity contribution < 1.29 is 19.0 Å². The van der Waals surface area contributed by atoms with Crippen molar-refractivity contribution in [2.45, 2.75) is 18.9 Å². The van der Waals surface area contributed by atoms with Crippen LogP contribution in [-0.4, -0.2) is 32.1 Å². The summed E-state index contributed by atoms with van der Waals surface area (Å²) in [5, 5.41) is 0. The molecule has 0 amide bonds. The van der Waals surface area contributed by atoms with Crippen LogP contribution in [0.25, 0.3) is 0 Å². The van der Waals surface area contributed by atoms with Gasteiger partial charge in [0.25, 0.3) is 0 Å². The third-order valence-electron chi connectivity index (χ3n) is 1.49. The smallest absolute Gasteiger partial charge is 0.430 e. The first kappa shape index (κ1) is 9.32. The van der Waals surface area contributed by atoms with Gasteiger partial charge in [-0.2, -0.15) is 0 Å². The molecule has 1 fully saturated rings. The lowest BCUT2D eigenvalue weighted by Crippen LogP contribution is -2.18. The molecule has 0 aromatic carbocycles. The van der Waals surface area contributed by atoms with Gasteiger partial charge in [-0.15, -0.1) is 0 Å². The van der Waals surface area contributed by atoms with E-state index in [0.29, 0.717) is 19.8 Å². The van der Waals surface area contributed by atoms with Gasteiger partial charge in [-0.3, -0.25) is 0 Å². The van der Waals surface area contributed by atoms with Gasteiger partial charge in [0.2, 0.25) is 0 Å². The molecule has 0 aromatic heterocycles. The van der Waals surface area contributed by atoms with E-state index in [1.807, 2.05) is 0 Å². The van der Waals surface area contributed by atoms with Crippen molar-refractivity contribution in [1.29, 1.82) is 0 Å². The number of ether oxygens (including phenoxy) is 3. The van der Waals surface area contributed by atoms with E-state index in [9.17, 15) is 4.79 Å². The molecular weight excluding hydrogens is 160 g/mol. The van der Waals surface area contributed by atoms with Gasteiger partial charge >= 0.3 is 6.16 Å². The van der Waals surface area contributed by atoms with Crippen LogP contribution in [0.5, 0.6) is 0 Å². The van der Waals surface area contributed by atoms with Crippen LogP contribution in [0.1, 0.15) is 12.8 Å². The van der Waals surface area contributed by atoms with Gasteiger partial charge in [-0.25, -0.2) is 4.79 Å². The maximum atomic E-state index is 10.4. The van der Waals surface area contributed by atoms with Gasteiger partial charge in [0, 0.05) is 6.61 Å². The van der Waals surface area contributed by atoms with Gasteiger partial charge in [0.1, 0.15) is 6.61 Å². The monoisotopic (exact) mass is 173 g/mol. The molecule has 0 bridgehead atoms. The van der Waals surface area contributed by atoms with Crippen LogP contribution in [-0.2, 0) is 14.2 Å². The number of carbonyl (C=O) groups is 1. The molecule has 1 heterocycles. The number of carbonyl (C=O) groups excluding carboxylic acids is 1. The lowest BCUT2D eigenvalue weighted by atomic mass is 10.3. The summed E-state index contributed by atoms with van der Waals surface area (Å²) in [5.41, 5.74) is 0. The summed E-state index contributed by atoms with van der Waals surface area (Å²) in [6, 6.07) is 0. The van der Waals surface area contributed by atoms with Gasteiger partial charge in [-0.05, 0) is 6.42 Å². The molecule has 1 aliphatic heterocycles. The zero-order chi connectivity index (χ0) is 8.81. The summed E-state index contributed by atoms with van der Waals surface area (Å²) in [5.74, 6) is 0. The molecular formula is C8H13O4. The lowest BCUT2D eigenvalue weighted by molar-refractivity contribution is 0.0452. The molecule has 1 aliphatic rings. The highest BCUT2D eigenvalue weighted by Crippen LogP contribution is 2.06. The highest BCUT2D eigenvalue weighted by Gasteiger charge is 2.24. The molecule has 1 saturated heterocycles. The van der Waals surface area contributed by atoms with E-state index in [1.165, 1.54) is 0 Å². The van der Waals surface area contributed by atoms with Gasteiger partial charge in [0.05, 0.1) is 6.61 Å². The van der Waals surface area contributed by atoms with E-state index in [0.717, 1.165) is 12.8 Å². The average Bonchev–Trinajstić information content (AvgIpc) is 2.45. The Hall–Kier alpha value is -0.770. The van der Waals surface area contributed by atoms with Crippen molar-refractivity contribution in [3.05, 3.63) is 6.92 Å². The van der Waals surface area contributed by atoms with E-state index in [4.69, 9.17) is 9.47 Å². The first-order chi connectivity index (χ1) is 5.83. The summed E-state index contributed by atoms with van der Waals surface area (Å²) < 4.78 is 14.5. The minimum absolute atomic E-state index is 0.220. The lowest BCUT2D eigenvalue weighted by Gasteiger charge is -2.06. The molecule has 0 aromatic rings. The van der Waals surface area contributed by atoms with Crippen LogP contribution in [0.15, 0.2) is 0 Å². The van der Waals surface area contributed by atoms with Crippen molar-refractivity contribution in [1.82, 2.24) is 0 Å². The molecule has 0 N–H and O–H groups in total. The predicted molar refractivity (Wildman–Crippen MR) is 41.6 cm³/mol. The van der Waals surface area contributed by atoms with Crippen LogP contribution in [0.4, 0.5) is 4.79 Å². The predicted octanol–water partition coefficient (Wildman–Crippen LogP) is 1.15. The highest BCUT2D eigenvalue weighted by molar-refractivity contribution is 5.61. The van der Waals surface area contributed by atoms with Crippen molar-refractivity contribution in [2.75, 3.05) is 19.8 Å². The van der Waals surface area contributed by atoms with Crippen LogP contribution < -0.4 is 0 Å². The largest absolute Gasteiger partial charge is 0.508 e. The standard InChI is InChI=1S/C8H13O4/c1-2-3-4-10-5-7-6-11-8(9)12-7/h7H,1-6H2. The van der Waals surface area contributed by atoms with Crippen LogP contribution >= 0.6 is 0 Å². The molecule has 4 nitrogen and oxygen atoms in total. The molecule has 0 spiro atoms. The first-order valence-corrected chi connectivity index (χ1v) is 4.03. The van der Waals surface area contributed by atoms with Crippen molar-refractivity contribution in [3.63, 3.8) is 0 Å². The number of hydrogen-bond donors (Lipinski definition) is 0. The normalized spacial score (nSPS) is 22.1. The molecule has 12 heavy (non-hydrogen) atoms. The third kappa shape index (κ3) is 3.09. The SMILES string of the molecule is [CH2]CCCOCC1COC(=O)O1. The number of unbranched alkanes of at least 4 members (excludes halogenated alkanes) is 1. The molecule has 1 atom stereocenters. The topological polar surface area (TPSA) is 44.8 Å². The quantitative estimate of drug-likeness (QED) is 0.462. The van der Waals surface area contributed by atoms with Gasteiger partial charge in [0.15, 0.2) is 6.10 Å². The third-order valence-corrected chi connectivity index (χ3v) is 1.49. The maximum absolute atomic E-state index is 10.4. The second kappa shape index (κ2) is 4.98. The molecule has 1 radical (unpaired) electrons. The fourth-order valence-corrected chi connectivity index (χ4v) is 0.866. The average molecular weight is 173 g/mol. The Labute approximate surface area is 71.8 Å². The number of hydrogen-bond acceptors (Lipinski definition) is 4. The molecule has 0 saturated carbocycles. The zero-order valence-corrected chi connectivity index (χ0v) is 6.95. The van der Waals surface area contributed by atoms with Crippen LogP contribution in [0, 0.1) is 6.92 Å². The van der Waals surface area contributed by atoms with Crippen molar-refractivity contribution in [3.8, 4) is 0 Å². The van der Waals surface area contributed by atoms with E-state index in [-0.39, 0.29) is 6.10 Å². The summed E-state index contributed by atoms with van der Waals surface area (Å²) in [4.78, 5) is 10.4. The Balaban J connectivity index is 1.97. The zero-order valence-electron chi connectivity index (χ0n) is 6.95. The Morgan fingerprint density at radius 2 is 2.50 bits per heavy atom. The molecule has 69 valence electrons. The van der Waals surface area contributed by atoms with Gasteiger partial charge < -0.3 is 14.2 Å². The fraction of sp³-hybridized carbons (Fsp3) is 0.750. The molecule has 0 aliphatic carbocycles. The first-order valence-electron chi connectivity index (χ1n) is 4.03. The number of cyclic esters (lactones) is 2.